The molecule has 7 heteroatoms. The highest BCUT2D eigenvalue weighted by molar-refractivity contribution is 6.04. The molecule has 0 bridgehead atoms. The van der Waals surface area contributed by atoms with Crippen LogP contribution in [0.5, 0.6) is 0 Å². The number of carbonyl (C=O) groups excluding carboxylic acids is 3. The van der Waals surface area contributed by atoms with Gasteiger partial charge in [0.25, 0.3) is 0 Å². The van der Waals surface area contributed by atoms with Crippen LogP contribution in [-0.4, -0.2) is 37.2 Å². The Bertz CT molecular complexity index is 646. The Balaban J connectivity index is 3.02. The van der Waals surface area contributed by atoms with Gasteiger partial charge in [-0.25, -0.2) is 14.4 Å². The minimum atomic E-state index is -1.52. The summed E-state index contributed by atoms with van der Waals surface area (Å²) in [5.74, 6) is -1.72. The molecule has 0 radical (unpaired) electrons. The second-order valence-electron chi connectivity index (χ2n) is 6.78. The van der Waals surface area contributed by atoms with Crippen LogP contribution in [0.1, 0.15) is 45.7 Å². The molecule has 0 aliphatic heterocycles. The molecule has 0 unspecified atom stereocenters. The third-order valence-corrected chi connectivity index (χ3v) is 3.64. The van der Waals surface area contributed by atoms with Crippen molar-refractivity contribution in [3.63, 3.8) is 0 Å². The Morgan fingerprint density at radius 1 is 1.04 bits per heavy atom. The number of amides is 2. The van der Waals surface area contributed by atoms with Gasteiger partial charge in [0, 0.05) is 5.69 Å². The van der Waals surface area contributed by atoms with Gasteiger partial charge in [-0.05, 0) is 37.3 Å². The van der Waals surface area contributed by atoms with Crippen molar-refractivity contribution in [2.45, 2.75) is 53.0 Å². The normalized spacial score (nSPS) is 11.0. The number of ether oxygens (including phenoxy) is 2. The molecule has 0 aromatic heterocycles. The van der Waals surface area contributed by atoms with Crippen molar-refractivity contribution in [3.8, 4) is 0 Å². The van der Waals surface area contributed by atoms with Crippen molar-refractivity contribution in [2.75, 3.05) is 18.5 Å². The third kappa shape index (κ3) is 5.75. The van der Waals surface area contributed by atoms with E-state index in [1.165, 1.54) is 0 Å². The molecular weight excluding hydrogens is 336 g/mol. The molecule has 1 aromatic carbocycles. The first kappa shape index (κ1) is 21.5. The maximum Gasteiger partial charge on any atom is 0.340 e. The van der Waals surface area contributed by atoms with Crippen LogP contribution in [0.25, 0.3) is 0 Å². The van der Waals surface area contributed by atoms with Crippen LogP contribution in [0.2, 0.25) is 0 Å². The topological polar surface area (TPSA) is 93.7 Å². The van der Waals surface area contributed by atoms with Crippen LogP contribution < -0.4 is 10.6 Å². The fraction of sp³-hybridized carbons (Fsp3) is 0.526. The predicted octanol–water partition coefficient (Wildman–Crippen LogP) is 2.91. The Kier molecular flexibility index (Phi) is 7.61. The largest absolute Gasteiger partial charge is 0.464 e. The van der Waals surface area contributed by atoms with Crippen molar-refractivity contribution in [2.24, 2.45) is 0 Å². The van der Waals surface area contributed by atoms with E-state index < -0.39 is 24.0 Å². The molecule has 0 heterocycles. The first-order valence-corrected chi connectivity index (χ1v) is 8.62. The van der Waals surface area contributed by atoms with E-state index in [4.69, 9.17) is 9.47 Å². The maximum atomic E-state index is 12.4. The molecule has 1 aromatic rings. The third-order valence-electron chi connectivity index (χ3n) is 3.64. The van der Waals surface area contributed by atoms with Gasteiger partial charge in [-0.15, -0.1) is 0 Å². The minimum Gasteiger partial charge on any atom is -0.464 e. The summed E-state index contributed by atoms with van der Waals surface area (Å²) in [4.78, 5) is 36.4. The summed E-state index contributed by atoms with van der Waals surface area (Å²) in [5.41, 5.74) is 2.26. The second-order valence-corrected chi connectivity index (χ2v) is 6.78. The van der Waals surface area contributed by atoms with Crippen LogP contribution >= 0.6 is 0 Å². The van der Waals surface area contributed by atoms with E-state index in [1.54, 1.807) is 13.8 Å². The number of benzene rings is 1. The first-order valence-electron chi connectivity index (χ1n) is 8.62. The Morgan fingerprint density at radius 3 is 2.04 bits per heavy atom. The number of aryl methyl sites for hydroxylation is 1. The standard InChI is InChI=1S/C19H28N2O5/c1-7-25-16(22)15(17(23)26-8-2)21-18(24)20-14-12(3)10-9-11-13(14)19(4,5)6/h9-11,15H,7-8H2,1-6H3,(H2,20,21,24). The van der Waals surface area contributed by atoms with Crippen molar-refractivity contribution >= 4 is 23.7 Å². The van der Waals surface area contributed by atoms with Crippen molar-refractivity contribution in [3.05, 3.63) is 29.3 Å². The fourth-order valence-electron chi connectivity index (χ4n) is 2.40. The highest BCUT2D eigenvalue weighted by Gasteiger charge is 2.32. The molecule has 7 nitrogen and oxygen atoms in total. The molecule has 0 aliphatic rings. The SMILES string of the molecule is CCOC(=O)C(NC(=O)Nc1c(C)cccc1C(C)(C)C)C(=O)OCC. The van der Waals surface area contributed by atoms with Crippen molar-refractivity contribution in [1.82, 2.24) is 5.32 Å². The van der Waals surface area contributed by atoms with E-state index in [0.29, 0.717) is 5.69 Å². The van der Waals surface area contributed by atoms with Gasteiger partial charge in [-0.3, -0.25) is 0 Å². The number of para-hydroxylation sites is 1. The van der Waals surface area contributed by atoms with Crippen molar-refractivity contribution in [1.29, 1.82) is 0 Å². The quantitative estimate of drug-likeness (QED) is 0.598. The van der Waals surface area contributed by atoms with Gasteiger partial charge in [0.2, 0.25) is 6.04 Å². The lowest BCUT2D eigenvalue weighted by Gasteiger charge is -2.25. The molecule has 1 rings (SSSR count). The first-order chi connectivity index (χ1) is 12.1. The van der Waals surface area contributed by atoms with E-state index in [-0.39, 0.29) is 18.6 Å². The molecule has 0 aliphatic carbocycles. The van der Waals surface area contributed by atoms with Crippen LogP contribution in [0, 0.1) is 6.92 Å². The average Bonchev–Trinajstić information content (AvgIpc) is 2.53. The zero-order valence-corrected chi connectivity index (χ0v) is 16.3. The number of hydrogen-bond donors (Lipinski definition) is 2. The van der Waals surface area contributed by atoms with Gasteiger partial charge in [-0.2, -0.15) is 0 Å². The van der Waals surface area contributed by atoms with E-state index >= 15 is 0 Å². The number of nitrogens with one attached hydrogen (secondary N) is 2. The maximum absolute atomic E-state index is 12.4. The number of anilines is 1. The highest BCUT2D eigenvalue weighted by atomic mass is 16.6. The Morgan fingerprint density at radius 2 is 1.58 bits per heavy atom. The number of rotatable bonds is 6. The van der Waals surface area contributed by atoms with Gasteiger partial charge in [0.05, 0.1) is 13.2 Å². The molecule has 2 N–H and O–H groups in total. The lowest BCUT2D eigenvalue weighted by molar-refractivity contribution is -0.157. The molecule has 26 heavy (non-hydrogen) atoms. The van der Waals surface area contributed by atoms with Crippen LogP contribution in [0.15, 0.2) is 18.2 Å². The molecule has 0 saturated carbocycles. The fourth-order valence-corrected chi connectivity index (χ4v) is 2.40. The number of esters is 2. The lowest BCUT2D eigenvalue weighted by Crippen LogP contribution is -2.49. The van der Waals surface area contributed by atoms with E-state index in [1.807, 2.05) is 45.9 Å². The summed E-state index contributed by atoms with van der Waals surface area (Å²) in [6.45, 7) is 11.4. The minimum absolute atomic E-state index is 0.0873. The monoisotopic (exact) mass is 364 g/mol. The Labute approximate surface area is 154 Å². The summed E-state index contributed by atoms with van der Waals surface area (Å²) >= 11 is 0. The number of urea groups is 1. The van der Waals surface area contributed by atoms with Gasteiger partial charge in [0.1, 0.15) is 0 Å². The molecule has 0 spiro atoms. The molecular formula is C19H28N2O5. The van der Waals surface area contributed by atoms with Crippen LogP contribution in [0.3, 0.4) is 0 Å². The summed E-state index contributed by atoms with van der Waals surface area (Å²) in [7, 11) is 0. The van der Waals surface area contributed by atoms with Crippen molar-refractivity contribution < 1.29 is 23.9 Å². The second kappa shape index (κ2) is 9.22. The summed E-state index contributed by atoms with van der Waals surface area (Å²) < 4.78 is 9.68. The number of carbonyl (C=O) groups is 3. The Hall–Kier alpha value is -2.57. The van der Waals surface area contributed by atoms with Gasteiger partial charge in [-0.1, -0.05) is 39.0 Å². The molecule has 0 saturated heterocycles. The predicted molar refractivity (Wildman–Crippen MR) is 99.1 cm³/mol. The van der Waals surface area contributed by atoms with Crippen LogP contribution in [0.4, 0.5) is 10.5 Å². The van der Waals surface area contributed by atoms with E-state index in [0.717, 1.165) is 11.1 Å². The molecule has 144 valence electrons. The molecule has 0 atom stereocenters. The number of hydrogen-bond acceptors (Lipinski definition) is 5. The smallest absolute Gasteiger partial charge is 0.340 e. The summed E-state index contributed by atoms with van der Waals surface area (Å²) in [6, 6.07) is 3.52. The molecule has 0 fully saturated rings. The summed E-state index contributed by atoms with van der Waals surface area (Å²) in [5, 5.41) is 5.09. The van der Waals surface area contributed by atoms with Crippen LogP contribution in [-0.2, 0) is 24.5 Å². The zero-order chi connectivity index (χ0) is 19.9. The zero-order valence-electron chi connectivity index (χ0n) is 16.3. The average molecular weight is 364 g/mol. The summed E-state index contributed by atoms with van der Waals surface area (Å²) in [6.07, 6.45) is 0. The van der Waals surface area contributed by atoms with Gasteiger partial charge in [0.15, 0.2) is 0 Å². The van der Waals surface area contributed by atoms with Gasteiger partial charge >= 0.3 is 18.0 Å². The highest BCUT2D eigenvalue weighted by Crippen LogP contribution is 2.31. The molecule has 2 amide bonds. The lowest BCUT2D eigenvalue weighted by atomic mass is 9.84. The van der Waals surface area contributed by atoms with Gasteiger partial charge < -0.3 is 20.1 Å². The van der Waals surface area contributed by atoms with E-state index in [9.17, 15) is 14.4 Å². The van der Waals surface area contributed by atoms with E-state index in [2.05, 4.69) is 10.6 Å².